The van der Waals surface area contributed by atoms with Crippen molar-refractivity contribution in [2.24, 2.45) is 11.8 Å². The molecule has 47 valence electrons. The van der Waals surface area contributed by atoms with Gasteiger partial charge in [-0.3, -0.25) is 0 Å². The molecule has 0 saturated carbocycles. The average Bonchev–Trinajstić information content (AvgIpc) is 1.84. The lowest BCUT2D eigenvalue weighted by Gasteiger charge is -2.10. The maximum absolute atomic E-state index is 10.2. The van der Waals surface area contributed by atoms with Crippen LogP contribution in [0.25, 0.3) is 0 Å². The first-order valence-corrected chi connectivity index (χ1v) is 2.93. The minimum Gasteiger partial charge on any atom is -0.236 e. The monoisotopic (exact) mass is 113 g/mol. The Morgan fingerprint density at radius 3 is 2.25 bits per heavy atom. The Bertz CT molecular complexity index is 68.8. The van der Waals surface area contributed by atoms with Crippen molar-refractivity contribution in [3.05, 3.63) is 12.7 Å². The second-order valence-electron chi connectivity index (χ2n) is 2.24. The maximum atomic E-state index is 10.2. The third-order valence-electron chi connectivity index (χ3n) is 1.53. The van der Waals surface area contributed by atoms with Crippen LogP contribution in [0.15, 0.2) is 12.7 Å². The first-order chi connectivity index (χ1) is 3.72. The summed E-state index contributed by atoms with van der Waals surface area (Å²) in [6.45, 7) is 7.55. The number of hydrogen-bond donors (Lipinski definition) is 0. The SMILES string of the molecule is C=CC(C)C(C)C[O]. The van der Waals surface area contributed by atoms with Gasteiger partial charge in [-0.15, -0.1) is 6.58 Å². The third kappa shape index (κ3) is 2.12. The fourth-order valence-electron chi connectivity index (χ4n) is 0.384. The summed E-state index contributed by atoms with van der Waals surface area (Å²) >= 11 is 0. The van der Waals surface area contributed by atoms with Crippen LogP contribution in [0, 0.1) is 11.8 Å². The number of rotatable bonds is 3. The Balaban J connectivity index is 3.44. The van der Waals surface area contributed by atoms with Gasteiger partial charge in [0.05, 0.1) is 6.61 Å². The molecule has 0 amide bonds. The van der Waals surface area contributed by atoms with E-state index in [2.05, 4.69) is 6.58 Å². The summed E-state index contributed by atoms with van der Waals surface area (Å²) in [5.41, 5.74) is 0. The second kappa shape index (κ2) is 3.67. The second-order valence-corrected chi connectivity index (χ2v) is 2.24. The molecule has 0 bridgehead atoms. The molecule has 1 radical (unpaired) electrons. The van der Waals surface area contributed by atoms with Crippen molar-refractivity contribution in [1.82, 2.24) is 0 Å². The first-order valence-electron chi connectivity index (χ1n) is 2.93. The molecule has 0 aliphatic carbocycles. The van der Waals surface area contributed by atoms with Gasteiger partial charge < -0.3 is 0 Å². The first kappa shape index (κ1) is 7.70. The molecule has 8 heavy (non-hydrogen) atoms. The van der Waals surface area contributed by atoms with Gasteiger partial charge >= 0.3 is 0 Å². The zero-order valence-corrected chi connectivity index (χ0v) is 5.55. The molecule has 0 aliphatic heterocycles. The van der Waals surface area contributed by atoms with Crippen LogP contribution in [0.5, 0.6) is 0 Å². The molecule has 2 atom stereocenters. The molecule has 0 aromatic rings. The molecular weight excluding hydrogens is 100 g/mol. The van der Waals surface area contributed by atoms with Gasteiger partial charge in [-0.2, -0.15) is 0 Å². The highest BCUT2D eigenvalue weighted by molar-refractivity contribution is 4.78. The van der Waals surface area contributed by atoms with Crippen LogP contribution in [0.2, 0.25) is 0 Å². The predicted octanol–water partition coefficient (Wildman–Crippen LogP) is 1.88. The largest absolute Gasteiger partial charge is 0.236 e. The van der Waals surface area contributed by atoms with Gasteiger partial charge in [-0.1, -0.05) is 19.9 Å². The van der Waals surface area contributed by atoms with E-state index in [1.807, 2.05) is 19.9 Å². The van der Waals surface area contributed by atoms with Crippen molar-refractivity contribution in [2.75, 3.05) is 6.61 Å². The molecular formula is C7H13O. The van der Waals surface area contributed by atoms with E-state index in [9.17, 15) is 5.11 Å². The third-order valence-corrected chi connectivity index (χ3v) is 1.53. The molecule has 1 heteroatoms. The van der Waals surface area contributed by atoms with E-state index in [0.29, 0.717) is 5.92 Å². The molecule has 0 N–H and O–H groups in total. The molecule has 0 aromatic heterocycles. The van der Waals surface area contributed by atoms with Crippen molar-refractivity contribution < 1.29 is 5.11 Å². The Morgan fingerprint density at radius 1 is 1.62 bits per heavy atom. The molecule has 0 fully saturated rings. The summed E-state index contributed by atoms with van der Waals surface area (Å²) in [4.78, 5) is 0. The maximum Gasteiger partial charge on any atom is 0.0853 e. The summed E-state index contributed by atoms with van der Waals surface area (Å²) < 4.78 is 0. The van der Waals surface area contributed by atoms with E-state index in [0.717, 1.165) is 0 Å². The minimum atomic E-state index is 0.00713. The minimum absolute atomic E-state index is 0.00713. The van der Waals surface area contributed by atoms with Crippen LogP contribution < -0.4 is 0 Å². The van der Waals surface area contributed by atoms with Gasteiger partial charge in [0.2, 0.25) is 0 Å². The van der Waals surface area contributed by atoms with Gasteiger partial charge in [0, 0.05) is 0 Å². The average molecular weight is 113 g/mol. The fraction of sp³-hybridized carbons (Fsp3) is 0.714. The van der Waals surface area contributed by atoms with Gasteiger partial charge in [0.25, 0.3) is 0 Å². The summed E-state index contributed by atoms with van der Waals surface area (Å²) in [6.07, 6.45) is 1.82. The summed E-state index contributed by atoms with van der Waals surface area (Å²) in [5.74, 6) is 0.611. The normalized spacial score (nSPS) is 17.4. The molecule has 0 aromatic carbocycles. The summed E-state index contributed by atoms with van der Waals surface area (Å²) in [6, 6.07) is 0. The van der Waals surface area contributed by atoms with Gasteiger partial charge in [0.15, 0.2) is 0 Å². The fourth-order valence-corrected chi connectivity index (χ4v) is 0.384. The van der Waals surface area contributed by atoms with Crippen molar-refractivity contribution in [1.29, 1.82) is 0 Å². The lowest BCUT2D eigenvalue weighted by atomic mass is 9.97. The predicted molar refractivity (Wildman–Crippen MR) is 34.1 cm³/mol. The van der Waals surface area contributed by atoms with Crippen molar-refractivity contribution in [3.63, 3.8) is 0 Å². The van der Waals surface area contributed by atoms with Crippen LogP contribution in [0.3, 0.4) is 0 Å². The lowest BCUT2D eigenvalue weighted by Crippen LogP contribution is -2.07. The van der Waals surface area contributed by atoms with Crippen LogP contribution >= 0.6 is 0 Å². The quantitative estimate of drug-likeness (QED) is 0.498. The van der Waals surface area contributed by atoms with Gasteiger partial charge in [0.1, 0.15) is 0 Å². The molecule has 2 unspecified atom stereocenters. The van der Waals surface area contributed by atoms with E-state index in [4.69, 9.17) is 0 Å². The van der Waals surface area contributed by atoms with E-state index in [1.165, 1.54) is 0 Å². The highest BCUT2D eigenvalue weighted by atomic mass is 16.3. The molecule has 0 saturated heterocycles. The van der Waals surface area contributed by atoms with E-state index < -0.39 is 0 Å². The lowest BCUT2D eigenvalue weighted by molar-refractivity contribution is 0.135. The van der Waals surface area contributed by atoms with E-state index in [-0.39, 0.29) is 12.5 Å². The summed E-state index contributed by atoms with van der Waals surface area (Å²) in [7, 11) is 0. The molecule has 0 spiro atoms. The zero-order chi connectivity index (χ0) is 6.57. The summed E-state index contributed by atoms with van der Waals surface area (Å²) in [5, 5.41) is 10.2. The van der Waals surface area contributed by atoms with Crippen molar-refractivity contribution in [3.8, 4) is 0 Å². The van der Waals surface area contributed by atoms with Gasteiger partial charge in [-0.05, 0) is 11.8 Å². The molecule has 0 heterocycles. The van der Waals surface area contributed by atoms with Gasteiger partial charge in [-0.25, -0.2) is 5.11 Å². The van der Waals surface area contributed by atoms with Crippen LogP contribution in [0.1, 0.15) is 13.8 Å². The van der Waals surface area contributed by atoms with Crippen molar-refractivity contribution in [2.45, 2.75) is 13.8 Å². The topological polar surface area (TPSA) is 19.9 Å². The number of allylic oxidation sites excluding steroid dienone is 1. The number of hydrogen-bond acceptors (Lipinski definition) is 0. The van der Waals surface area contributed by atoms with Crippen LogP contribution in [-0.4, -0.2) is 6.61 Å². The standard InChI is InChI=1S/C7H13O/c1-4-6(2)7(3)5-8/h4,6-7H,1,5H2,2-3H3. The Hall–Kier alpha value is -0.300. The molecule has 1 nitrogen and oxygen atoms in total. The Kier molecular flexibility index (Phi) is 3.53. The highest BCUT2D eigenvalue weighted by Crippen LogP contribution is 2.09. The smallest absolute Gasteiger partial charge is 0.0853 e. The zero-order valence-electron chi connectivity index (χ0n) is 5.55. The molecule has 0 aliphatic rings. The van der Waals surface area contributed by atoms with Crippen LogP contribution in [-0.2, 0) is 5.11 Å². The van der Waals surface area contributed by atoms with Crippen molar-refractivity contribution >= 4 is 0 Å². The Labute approximate surface area is 51.0 Å². The van der Waals surface area contributed by atoms with E-state index in [1.54, 1.807) is 0 Å². The Morgan fingerprint density at radius 2 is 2.12 bits per heavy atom. The highest BCUT2D eigenvalue weighted by Gasteiger charge is 2.05. The van der Waals surface area contributed by atoms with E-state index >= 15 is 0 Å². The van der Waals surface area contributed by atoms with Crippen LogP contribution in [0.4, 0.5) is 0 Å². The molecule has 0 rings (SSSR count).